The topological polar surface area (TPSA) is 97.2 Å². The third-order valence-corrected chi connectivity index (χ3v) is 6.73. The van der Waals surface area contributed by atoms with E-state index in [0.717, 1.165) is 55.8 Å². The van der Waals surface area contributed by atoms with Crippen molar-refractivity contribution in [3.05, 3.63) is 12.2 Å². The van der Waals surface area contributed by atoms with Crippen LogP contribution in [-0.2, 0) is 11.8 Å². The van der Waals surface area contributed by atoms with Gasteiger partial charge in [-0.2, -0.15) is 4.98 Å². The Morgan fingerprint density at radius 2 is 2.21 bits per heavy atom. The number of nitrogens with zero attached hydrogens (tertiary/aromatic N) is 5. The summed E-state index contributed by atoms with van der Waals surface area (Å²) in [5, 5.41) is 0. The van der Waals surface area contributed by atoms with Crippen molar-refractivity contribution >= 4 is 17.1 Å². The molecule has 156 valence electrons. The summed E-state index contributed by atoms with van der Waals surface area (Å²) in [6.07, 6.45) is 6.26. The summed E-state index contributed by atoms with van der Waals surface area (Å²) in [7, 11) is 2.04. The molecule has 3 fully saturated rings. The Kier molecular flexibility index (Phi) is 4.87. The van der Waals surface area contributed by atoms with Gasteiger partial charge in [0.1, 0.15) is 18.3 Å². The number of amides is 1. The van der Waals surface area contributed by atoms with Gasteiger partial charge in [-0.15, -0.1) is 0 Å². The number of hydrogen-bond acceptors (Lipinski definition) is 7. The molecule has 0 aromatic carbocycles. The van der Waals surface area contributed by atoms with E-state index in [1.165, 1.54) is 0 Å². The molecule has 29 heavy (non-hydrogen) atoms. The number of likely N-dealkylation sites (tertiary alicyclic amines) is 1. The van der Waals surface area contributed by atoms with Crippen LogP contribution < -0.4 is 15.6 Å². The number of nitrogens with one attached hydrogen (secondary N) is 2. The summed E-state index contributed by atoms with van der Waals surface area (Å²) in [6, 6.07) is 0.579. The second kappa shape index (κ2) is 7.53. The van der Waals surface area contributed by atoms with Crippen LogP contribution in [0.4, 0.5) is 0 Å². The van der Waals surface area contributed by atoms with E-state index in [1.807, 2.05) is 18.9 Å². The SMILES string of the molecule is CCC(=O)N1CCC(Oc2ncnc3c2nc(C2CCC4NNCC4C2)n3C)C1. The Labute approximate surface area is 170 Å². The van der Waals surface area contributed by atoms with Crippen LogP contribution in [0.3, 0.4) is 0 Å². The standard InChI is InChI=1S/C20H29N7O2/c1-3-16(28)27-7-6-14(10-27)29-20-17-19(21-11-22-20)26(2)18(24-17)12-4-5-15-13(8-12)9-23-25-15/h11-15,23,25H,3-10H2,1-2H3. The molecule has 2 saturated heterocycles. The molecular formula is C20H29N7O2. The van der Waals surface area contributed by atoms with Crippen molar-refractivity contribution in [2.24, 2.45) is 13.0 Å². The number of rotatable bonds is 4. The Morgan fingerprint density at radius 1 is 1.31 bits per heavy atom. The molecule has 1 aliphatic carbocycles. The number of imidazole rings is 1. The summed E-state index contributed by atoms with van der Waals surface area (Å²) in [5.74, 6) is 2.86. The molecule has 4 atom stereocenters. The summed E-state index contributed by atoms with van der Waals surface area (Å²) in [4.78, 5) is 27.6. The number of aromatic nitrogens is 4. The molecule has 9 nitrogen and oxygen atoms in total. The van der Waals surface area contributed by atoms with Crippen LogP contribution >= 0.6 is 0 Å². The molecule has 9 heteroatoms. The number of carbonyl (C=O) groups is 1. The van der Waals surface area contributed by atoms with Crippen molar-refractivity contribution in [3.63, 3.8) is 0 Å². The van der Waals surface area contributed by atoms with Crippen molar-refractivity contribution in [2.45, 2.75) is 57.1 Å². The maximum absolute atomic E-state index is 11.9. The summed E-state index contributed by atoms with van der Waals surface area (Å²) >= 11 is 0. The lowest BCUT2D eigenvalue weighted by molar-refractivity contribution is -0.130. The van der Waals surface area contributed by atoms with Crippen LogP contribution in [0.1, 0.15) is 50.8 Å². The molecule has 1 amide bonds. The van der Waals surface area contributed by atoms with Crippen molar-refractivity contribution in [1.82, 2.24) is 35.3 Å². The fraction of sp³-hybridized carbons (Fsp3) is 0.700. The van der Waals surface area contributed by atoms with E-state index in [1.54, 1.807) is 6.33 Å². The van der Waals surface area contributed by atoms with Gasteiger partial charge in [0, 0.05) is 44.9 Å². The predicted octanol–water partition coefficient (Wildman–Crippen LogP) is 1.11. The van der Waals surface area contributed by atoms with Gasteiger partial charge in [-0.25, -0.2) is 9.97 Å². The monoisotopic (exact) mass is 399 g/mol. The minimum absolute atomic E-state index is 0.0415. The molecule has 5 rings (SSSR count). The maximum atomic E-state index is 11.9. The maximum Gasteiger partial charge on any atom is 0.245 e. The number of hydrogen-bond donors (Lipinski definition) is 2. The van der Waals surface area contributed by atoms with Gasteiger partial charge >= 0.3 is 0 Å². The van der Waals surface area contributed by atoms with Crippen molar-refractivity contribution in [3.8, 4) is 5.88 Å². The van der Waals surface area contributed by atoms with Gasteiger partial charge < -0.3 is 14.2 Å². The quantitative estimate of drug-likeness (QED) is 0.795. The highest BCUT2D eigenvalue weighted by atomic mass is 16.5. The molecule has 2 aliphatic heterocycles. The van der Waals surface area contributed by atoms with Gasteiger partial charge in [-0.3, -0.25) is 15.6 Å². The highest BCUT2D eigenvalue weighted by molar-refractivity contribution is 5.77. The van der Waals surface area contributed by atoms with E-state index in [9.17, 15) is 4.79 Å². The van der Waals surface area contributed by atoms with Crippen LogP contribution in [-0.4, -0.2) is 62.1 Å². The largest absolute Gasteiger partial charge is 0.471 e. The fourth-order valence-electron chi connectivity index (χ4n) is 5.11. The van der Waals surface area contributed by atoms with E-state index in [0.29, 0.717) is 36.7 Å². The lowest BCUT2D eigenvalue weighted by Gasteiger charge is -2.30. The van der Waals surface area contributed by atoms with Gasteiger partial charge in [0.2, 0.25) is 11.8 Å². The number of aryl methyl sites for hydroxylation is 1. The molecule has 1 saturated carbocycles. The zero-order valence-electron chi connectivity index (χ0n) is 17.1. The van der Waals surface area contributed by atoms with E-state index >= 15 is 0 Å². The highest BCUT2D eigenvalue weighted by Crippen LogP contribution is 2.38. The average Bonchev–Trinajstić information content (AvgIpc) is 3.46. The zero-order valence-corrected chi connectivity index (χ0v) is 17.1. The summed E-state index contributed by atoms with van der Waals surface area (Å²) in [5.41, 5.74) is 8.23. The molecule has 4 unspecified atom stereocenters. The van der Waals surface area contributed by atoms with Crippen molar-refractivity contribution in [1.29, 1.82) is 0 Å². The Bertz CT molecular complexity index is 914. The molecule has 0 radical (unpaired) electrons. The third-order valence-electron chi connectivity index (χ3n) is 6.73. The van der Waals surface area contributed by atoms with Crippen LogP contribution in [0.2, 0.25) is 0 Å². The first-order chi connectivity index (χ1) is 14.1. The molecule has 2 aromatic rings. The van der Waals surface area contributed by atoms with Crippen LogP contribution in [0, 0.1) is 5.92 Å². The second-order valence-electron chi connectivity index (χ2n) is 8.50. The predicted molar refractivity (Wildman–Crippen MR) is 107 cm³/mol. The number of fused-ring (bicyclic) bond motifs is 2. The van der Waals surface area contributed by atoms with Gasteiger partial charge in [-0.05, 0) is 25.2 Å². The first-order valence-corrected chi connectivity index (χ1v) is 10.7. The minimum atomic E-state index is -0.0415. The van der Waals surface area contributed by atoms with Gasteiger partial charge in [-0.1, -0.05) is 6.92 Å². The molecule has 2 aromatic heterocycles. The van der Waals surface area contributed by atoms with Crippen LogP contribution in [0.25, 0.3) is 11.2 Å². The molecular weight excluding hydrogens is 370 g/mol. The fourth-order valence-corrected chi connectivity index (χ4v) is 5.11. The van der Waals surface area contributed by atoms with Crippen molar-refractivity contribution < 1.29 is 9.53 Å². The first-order valence-electron chi connectivity index (χ1n) is 10.7. The first kappa shape index (κ1) is 18.7. The van der Waals surface area contributed by atoms with Crippen molar-refractivity contribution in [2.75, 3.05) is 19.6 Å². The molecule has 2 N–H and O–H groups in total. The molecule has 0 spiro atoms. The van der Waals surface area contributed by atoms with Crippen LogP contribution in [0.5, 0.6) is 5.88 Å². The number of ether oxygens (including phenoxy) is 1. The van der Waals surface area contributed by atoms with E-state index in [2.05, 4.69) is 25.4 Å². The second-order valence-corrected chi connectivity index (χ2v) is 8.50. The Hall–Kier alpha value is -2.26. The van der Waals surface area contributed by atoms with Gasteiger partial charge in [0.25, 0.3) is 0 Å². The minimum Gasteiger partial charge on any atom is -0.471 e. The lowest BCUT2D eigenvalue weighted by Crippen LogP contribution is -2.35. The zero-order chi connectivity index (χ0) is 20.0. The normalized spacial score (nSPS) is 29.4. The van der Waals surface area contributed by atoms with Gasteiger partial charge in [0.05, 0.1) is 6.54 Å². The number of carbonyl (C=O) groups excluding carboxylic acids is 1. The number of hydrazine groups is 1. The van der Waals surface area contributed by atoms with Gasteiger partial charge in [0.15, 0.2) is 11.2 Å². The van der Waals surface area contributed by atoms with E-state index in [4.69, 9.17) is 9.72 Å². The summed E-state index contributed by atoms with van der Waals surface area (Å²) in [6.45, 7) is 4.27. The van der Waals surface area contributed by atoms with E-state index < -0.39 is 0 Å². The highest BCUT2D eigenvalue weighted by Gasteiger charge is 2.36. The van der Waals surface area contributed by atoms with E-state index in [-0.39, 0.29) is 12.0 Å². The molecule has 4 heterocycles. The lowest BCUT2D eigenvalue weighted by atomic mass is 9.78. The van der Waals surface area contributed by atoms with Crippen LogP contribution in [0.15, 0.2) is 6.33 Å². The summed E-state index contributed by atoms with van der Waals surface area (Å²) < 4.78 is 8.30. The average molecular weight is 399 g/mol. The third kappa shape index (κ3) is 3.36. The Balaban J connectivity index is 1.37. The smallest absolute Gasteiger partial charge is 0.245 e. The Morgan fingerprint density at radius 3 is 3.07 bits per heavy atom. The molecule has 3 aliphatic rings. The molecule has 0 bridgehead atoms.